The molecular formula is C15H13N3O3S. The molecule has 0 aliphatic carbocycles. The molecule has 2 aromatic carbocycles. The number of carbonyl (C=O) groups is 1. The number of hydrogen-bond donors (Lipinski definition) is 1. The number of nitro groups is 1. The molecule has 0 fully saturated rings. The van der Waals surface area contributed by atoms with Gasteiger partial charge in [0.2, 0.25) is 0 Å². The van der Waals surface area contributed by atoms with E-state index in [1.165, 1.54) is 24.3 Å². The van der Waals surface area contributed by atoms with Gasteiger partial charge in [-0.2, -0.15) is 0 Å². The molecule has 1 N–H and O–H groups in total. The highest BCUT2D eigenvalue weighted by Crippen LogP contribution is 2.14. The molecule has 1 amide bonds. The number of nitrogens with zero attached hydrogens (tertiary/aromatic N) is 2. The van der Waals surface area contributed by atoms with Crippen molar-refractivity contribution >= 4 is 34.6 Å². The molecule has 0 radical (unpaired) electrons. The number of benzene rings is 2. The third kappa shape index (κ3) is 3.64. The quantitative estimate of drug-likeness (QED) is 0.535. The van der Waals surface area contributed by atoms with Crippen molar-refractivity contribution in [1.82, 2.24) is 5.32 Å². The summed E-state index contributed by atoms with van der Waals surface area (Å²) in [5.41, 5.74) is 0.861. The van der Waals surface area contributed by atoms with Gasteiger partial charge in [0.1, 0.15) is 0 Å². The second-order valence-corrected chi connectivity index (χ2v) is 4.85. The Bertz CT molecular complexity index is 719. The first-order chi connectivity index (χ1) is 10.5. The van der Waals surface area contributed by atoms with E-state index in [0.717, 1.165) is 5.69 Å². The first kappa shape index (κ1) is 15.6. The summed E-state index contributed by atoms with van der Waals surface area (Å²) in [6.45, 7) is 0. The Balaban J connectivity index is 2.10. The molecule has 7 heteroatoms. The molecule has 0 aliphatic heterocycles. The highest BCUT2D eigenvalue weighted by Gasteiger charge is 2.14. The predicted octanol–water partition coefficient (Wildman–Crippen LogP) is 2.75. The largest absolute Gasteiger partial charge is 0.322 e. The molecule has 22 heavy (non-hydrogen) atoms. The first-order valence-corrected chi connectivity index (χ1v) is 6.78. The summed E-state index contributed by atoms with van der Waals surface area (Å²) in [7, 11) is 1.73. The molecule has 0 atom stereocenters. The predicted molar refractivity (Wildman–Crippen MR) is 88.0 cm³/mol. The van der Waals surface area contributed by atoms with Crippen molar-refractivity contribution in [3.63, 3.8) is 0 Å². The van der Waals surface area contributed by atoms with E-state index < -0.39 is 10.8 Å². The lowest BCUT2D eigenvalue weighted by Crippen LogP contribution is -2.40. The summed E-state index contributed by atoms with van der Waals surface area (Å²) in [4.78, 5) is 23.9. The van der Waals surface area contributed by atoms with Crippen LogP contribution in [0.25, 0.3) is 0 Å². The number of nitro benzene ring substituents is 1. The van der Waals surface area contributed by atoms with Gasteiger partial charge >= 0.3 is 0 Å². The minimum absolute atomic E-state index is 0.144. The van der Waals surface area contributed by atoms with Gasteiger partial charge in [-0.25, -0.2) is 0 Å². The van der Waals surface area contributed by atoms with E-state index in [0.29, 0.717) is 0 Å². The number of hydrogen-bond acceptors (Lipinski definition) is 4. The van der Waals surface area contributed by atoms with E-state index >= 15 is 0 Å². The SMILES string of the molecule is CN(C(=S)NC(=O)c1cccc([N+](=O)[O-])c1)c1ccccc1. The second-order valence-electron chi connectivity index (χ2n) is 4.46. The molecule has 0 saturated carbocycles. The fourth-order valence-electron chi connectivity index (χ4n) is 1.78. The van der Waals surface area contributed by atoms with Gasteiger partial charge in [-0.3, -0.25) is 20.2 Å². The van der Waals surface area contributed by atoms with Crippen molar-refractivity contribution in [1.29, 1.82) is 0 Å². The summed E-state index contributed by atoms with van der Waals surface area (Å²) in [6, 6.07) is 14.8. The second kappa shape index (κ2) is 6.77. The third-order valence-corrected chi connectivity index (χ3v) is 3.36. The lowest BCUT2D eigenvalue weighted by molar-refractivity contribution is -0.384. The molecule has 0 aliphatic rings. The number of para-hydroxylation sites is 1. The number of nitrogens with one attached hydrogen (secondary N) is 1. The monoisotopic (exact) mass is 315 g/mol. The zero-order chi connectivity index (χ0) is 16.1. The highest BCUT2D eigenvalue weighted by molar-refractivity contribution is 7.80. The van der Waals surface area contributed by atoms with Crippen LogP contribution in [-0.2, 0) is 0 Å². The number of thiocarbonyl (C=S) groups is 1. The minimum atomic E-state index is -0.550. The van der Waals surface area contributed by atoms with Crippen LogP contribution in [0.1, 0.15) is 10.4 Å². The first-order valence-electron chi connectivity index (χ1n) is 6.37. The summed E-state index contributed by atoms with van der Waals surface area (Å²) >= 11 is 5.18. The summed E-state index contributed by atoms with van der Waals surface area (Å²) < 4.78 is 0. The van der Waals surface area contributed by atoms with Crippen molar-refractivity contribution in [3.05, 3.63) is 70.3 Å². The van der Waals surface area contributed by atoms with E-state index in [2.05, 4.69) is 5.32 Å². The van der Waals surface area contributed by atoms with Crippen molar-refractivity contribution in [3.8, 4) is 0 Å². The van der Waals surface area contributed by atoms with Crippen molar-refractivity contribution in [2.45, 2.75) is 0 Å². The average molecular weight is 315 g/mol. The van der Waals surface area contributed by atoms with Gasteiger partial charge in [0, 0.05) is 30.4 Å². The van der Waals surface area contributed by atoms with Crippen LogP contribution in [-0.4, -0.2) is 23.0 Å². The van der Waals surface area contributed by atoms with Crippen LogP contribution in [0.4, 0.5) is 11.4 Å². The van der Waals surface area contributed by atoms with Crippen LogP contribution >= 0.6 is 12.2 Å². The van der Waals surface area contributed by atoms with Gasteiger partial charge in [0.15, 0.2) is 5.11 Å². The van der Waals surface area contributed by atoms with Gasteiger partial charge < -0.3 is 4.90 Å². The number of carbonyl (C=O) groups excluding carboxylic acids is 1. The lowest BCUT2D eigenvalue weighted by Gasteiger charge is -2.20. The smallest absolute Gasteiger partial charge is 0.270 e. The molecule has 2 rings (SSSR count). The lowest BCUT2D eigenvalue weighted by atomic mass is 10.2. The maximum absolute atomic E-state index is 12.1. The number of anilines is 1. The average Bonchev–Trinajstić information content (AvgIpc) is 2.54. The molecule has 0 heterocycles. The van der Waals surface area contributed by atoms with Gasteiger partial charge in [-0.05, 0) is 30.4 Å². The van der Waals surface area contributed by atoms with Crippen LogP contribution in [0.2, 0.25) is 0 Å². The van der Waals surface area contributed by atoms with Crippen molar-refractivity contribution in [2.75, 3.05) is 11.9 Å². The maximum atomic E-state index is 12.1. The molecule has 0 unspecified atom stereocenters. The standard InChI is InChI=1S/C15H13N3O3S/c1-17(12-7-3-2-4-8-12)15(22)16-14(19)11-6-5-9-13(10-11)18(20)21/h2-10H,1H3,(H,16,19,22). The van der Waals surface area contributed by atoms with Crippen LogP contribution in [0.3, 0.4) is 0 Å². The van der Waals surface area contributed by atoms with E-state index in [1.54, 1.807) is 11.9 Å². The van der Waals surface area contributed by atoms with Gasteiger partial charge in [-0.15, -0.1) is 0 Å². The molecule has 0 aromatic heterocycles. The Morgan fingerprint density at radius 1 is 1.18 bits per heavy atom. The summed E-state index contributed by atoms with van der Waals surface area (Å²) in [5, 5.41) is 13.5. The number of rotatable bonds is 3. The number of amides is 1. The Kier molecular flexibility index (Phi) is 4.80. The van der Waals surface area contributed by atoms with Crippen LogP contribution in [0, 0.1) is 10.1 Å². The number of non-ortho nitro benzene ring substituents is 1. The van der Waals surface area contributed by atoms with Gasteiger partial charge in [0.25, 0.3) is 11.6 Å². The van der Waals surface area contributed by atoms with Crippen LogP contribution in [0.5, 0.6) is 0 Å². The fraction of sp³-hybridized carbons (Fsp3) is 0.0667. The molecular weight excluding hydrogens is 302 g/mol. The summed E-state index contributed by atoms with van der Waals surface area (Å²) in [5.74, 6) is -0.489. The molecule has 112 valence electrons. The Morgan fingerprint density at radius 2 is 1.86 bits per heavy atom. The van der Waals surface area contributed by atoms with Crippen LogP contribution in [0.15, 0.2) is 54.6 Å². The van der Waals surface area contributed by atoms with E-state index in [4.69, 9.17) is 12.2 Å². The van der Waals surface area contributed by atoms with Gasteiger partial charge in [0.05, 0.1) is 4.92 Å². The third-order valence-electron chi connectivity index (χ3n) is 2.99. The Hall–Kier alpha value is -2.80. The molecule has 0 spiro atoms. The fourth-order valence-corrected chi connectivity index (χ4v) is 1.98. The van der Waals surface area contributed by atoms with Crippen molar-refractivity contribution in [2.24, 2.45) is 0 Å². The molecule has 0 saturated heterocycles. The zero-order valence-electron chi connectivity index (χ0n) is 11.7. The normalized spacial score (nSPS) is 9.86. The zero-order valence-corrected chi connectivity index (χ0v) is 12.5. The van der Waals surface area contributed by atoms with E-state index in [-0.39, 0.29) is 16.4 Å². The highest BCUT2D eigenvalue weighted by atomic mass is 32.1. The van der Waals surface area contributed by atoms with E-state index in [1.807, 2.05) is 30.3 Å². The maximum Gasteiger partial charge on any atom is 0.270 e. The summed E-state index contributed by atoms with van der Waals surface area (Å²) in [6.07, 6.45) is 0. The van der Waals surface area contributed by atoms with Gasteiger partial charge in [-0.1, -0.05) is 24.3 Å². The topological polar surface area (TPSA) is 75.5 Å². The Morgan fingerprint density at radius 3 is 2.50 bits per heavy atom. The van der Waals surface area contributed by atoms with Crippen molar-refractivity contribution < 1.29 is 9.72 Å². The molecule has 6 nitrogen and oxygen atoms in total. The molecule has 0 bridgehead atoms. The Labute approximate surface area is 132 Å². The van der Waals surface area contributed by atoms with Crippen LogP contribution < -0.4 is 10.2 Å². The minimum Gasteiger partial charge on any atom is -0.322 e. The van der Waals surface area contributed by atoms with E-state index in [9.17, 15) is 14.9 Å². The molecule has 2 aromatic rings.